The summed E-state index contributed by atoms with van der Waals surface area (Å²) < 4.78 is 13.3. The Hall–Kier alpha value is -2.20. The van der Waals surface area contributed by atoms with E-state index in [4.69, 9.17) is 0 Å². The highest BCUT2D eigenvalue weighted by Gasteiger charge is 2.28. The van der Waals surface area contributed by atoms with Crippen LogP contribution in [0.4, 0.5) is 10.1 Å². The van der Waals surface area contributed by atoms with Crippen LogP contribution in [-0.2, 0) is 11.3 Å². The molecule has 0 spiro atoms. The molecule has 0 bridgehead atoms. The molecule has 0 radical (unpaired) electrons. The quantitative estimate of drug-likeness (QED) is 0.722. The van der Waals surface area contributed by atoms with Gasteiger partial charge in [-0.2, -0.15) is 0 Å². The van der Waals surface area contributed by atoms with Crippen molar-refractivity contribution in [3.63, 3.8) is 0 Å². The number of aryl methyl sites for hydroxylation is 1. The number of nitrogens with zero attached hydrogens (tertiary/aromatic N) is 2. The number of carbonyl (C=O) groups excluding carboxylic acids is 1. The Kier molecular flexibility index (Phi) is 6.62. The molecule has 144 valence electrons. The maximum absolute atomic E-state index is 13.3. The highest BCUT2D eigenvalue weighted by Crippen LogP contribution is 2.26. The molecule has 2 aromatic carbocycles. The Morgan fingerprint density at radius 3 is 2.48 bits per heavy atom. The topological polar surface area (TPSA) is 23.6 Å². The Morgan fingerprint density at radius 2 is 1.85 bits per heavy atom. The van der Waals surface area contributed by atoms with E-state index in [9.17, 15) is 9.18 Å². The number of piperidine rings is 1. The number of hydrogen-bond acceptors (Lipinski definition) is 2. The van der Waals surface area contributed by atoms with Gasteiger partial charge in [0.1, 0.15) is 5.82 Å². The molecule has 0 saturated carbocycles. The zero-order valence-electron chi connectivity index (χ0n) is 16.3. The molecular weight excluding hydrogens is 339 g/mol. The lowest BCUT2D eigenvalue weighted by Crippen LogP contribution is -2.47. The van der Waals surface area contributed by atoms with Crippen molar-refractivity contribution in [3.05, 3.63) is 65.5 Å². The molecule has 3 nitrogen and oxygen atoms in total. The molecule has 0 atom stereocenters. The third kappa shape index (κ3) is 5.16. The van der Waals surface area contributed by atoms with Crippen LogP contribution >= 0.6 is 0 Å². The predicted octanol–water partition coefficient (Wildman–Crippen LogP) is 4.93. The first-order valence-electron chi connectivity index (χ1n) is 9.92. The molecule has 1 aliphatic heterocycles. The van der Waals surface area contributed by atoms with Gasteiger partial charge in [-0.3, -0.25) is 9.69 Å². The van der Waals surface area contributed by atoms with Crippen molar-refractivity contribution in [2.45, 2.75) is 52.1 Å². The molecular formula is C23H29FN2O. The van der Waals surface area contributed by atoms with Gasteiger partial charge in [-0.05, 0) is 56.0 Å². The largest absolute Gasteiger partial charge is 0.309 e. The molecule has 1 aliphatic rings. The molecule has 1 amide bonds. The highest BCUT2D eigenvalue weighted by molar-refractivity contribution is 5.93. The van der Waals surface area contributed by atoms with Gasteiger partial charge in [-0.15, -0.1) is 0 Å². The van der Waals surface area contributed by atoms with Crippen molar-refractivity contribution < 1.29 is 9.18 Å². The van der Waals surface area contributed by atoms with E-state index in [1.165, 1.54) is 23.3 Å². The number of benzene rings is 2. The van der Waals surface area contributed by atoms with Gasteiger partial charge in [0.15, 0.2) is 0 Å². The van der Waals surface area contributed by atoms with Gasteiger partial charge in [0.2, 0.25) is 5.91 Å². The van der Waals surface area contributed by atoms with Crippen LogP contribution in [0.2, 0.25) is 0 Å². The number of hydrogen-bond donors (Lipinski definition) is 0. The molecule has 0 unspecified atom stereocenters. The van der Waals surface area contributed by atoms with Crippen LogP contribution in [0.15, 0.2) is 48.5 Å². The average molecular weight is 368 g/mol. The third-order valence-corrected chi connectivity index (χ3v) is 5.25. The second kappa shape index (κ2) is 9.14. The standard InChI is InChI=1S/C23H29FN2O/c1-3-5-23(27)26(21-10-8-20(24)9-11-21)22-12-14-25(15-13-22)17-19-7-4-6-18(2)16-19/h4,6-11,16,22H,3,5,12-15,17H2,1-2H3. The Bertz CT molecular complexity index is 751. The van der Waals surface area contributed by atoms with Crippen molar-refractivity contribution in [2.24, 2.45) is 0 Å². The fraction of sp³-hybridized carbons (Fsp3) is 0.435. The first-order chi connectivity index (χ1) is 13.1. The van der Waals surface area contributed by atoms with Crippen molar-refractivity contribution in [2.75, 3.05) is 18.0 Å². The summed E-state index contributed by atoms with van der Waals surface area (Å²) in [6.07, 6.45) is 3.24. The van der Waals surface area contributed by atoms with Gasteiger partial charge >= 0.3 is 0 Å². The molecule has 0 N–H and O–H groups in total. The van der Waals surface area contributed by atoms with Crippen LogP contribution in [-0.4, -0.2) is 29.9 Å². The van der Waals surface area contributed by atoms with E-state index in [2.05, 4.69) is 36.1 Å². The number of carbonyl (C=O) groups is 1. The number of amides is 1. The van der Waals surface area contributed by atoms with Gasteiger partial charge in [0.05, 0.1) is 0 Å². The predicted molar refractivity (Wildman–Crippen MR) is 108 cm³/mol. The Balaban J connectivity index is 1.66. The van der Waals surface area contributed by atoms with E-state index < -0.39 is 0 Å². The lowest BCUT2D eigenvalue weighted by atomic mass is 10.0. The molecule has 0 aromatic heterocycles. The van der Waals surface area contributed by atoms with E-state index in [1.54, 1.807) is 12.1 Å². The van der Waals surface area contributed by atoms with Gasteiger partial charge in [0, 0.05) is 37.8 Å². The smallest absolute Gasteiger partial charge is 0.227 e. The zero-order chi connectivity index (χ0) is 19.2. The van der Waals surface area contributed by atoms with Crippen LogP contribution in [0.25, 0.3) is 0 Å². The lowest BCUT2D eigenvalue weighted by Gasteiger charge is -2.38. The Morgan fingerprint density at radius 1 is 1.15 bits per heavy atom. The zero-order valence-corrected chi connectivity index (χ0v) is 16.3. The first-order valence-corrected chi connectivity index (χ1v) is 9.92. The molecule has 1 heterocycles. The fourth-order valence-electron chi connectivity index (χ4n) is 3.90. The molecule has 1 fully saturated rings. The normalized spacial score (nSPS) is 15.7. The van der Waals surface area contributed by atoms with Crippen molar-refractivity contribution in [3.8, 4) is 0 Å². The molecule has 4 heteroatoms. The van der Waals surface area contributed by atoms with E-state index in [0.29, 0.717) is 6.42 Å². The summed E-state index contributed by atoms with van der Waals surface area (Å²) in [5.74, 6) is -0.129. The highest BCUT2D eigenvalue weighted by atomic mass is 19.1. The number of halogens is 1. The maximum atomic E-state index is 13.3. The van der Waals surface area contributed by atoms with Gasteiger partial charge < -0.3 is 4.90 Å². The third-order valence-electron chi connectivity index (χ3n) is 5.25. The minimum atomic E-state index is -0.269. The summed E-state index contributed by atoms with van der Waals surface area (Å²) in [7, 11) is 0. The molecule has 0 aliphatic carbocycles. The van der Waals surface area contributed by atoms with Crippen LogP contribution in [0.5, 0.6) is 0 Å². The second-order valence-electron chi connectivity index (χ2n) is 7.49. The Labute approximate surface area is 161 Å². The van der Waals surface area contributed by atoms with Gasteiger partial charge in [0.25, 0.3) is 0 Å². The first kappa shape index (κ1) is 19.6. The summed E-state index contributed by atoms with van der Waals surface area (Å²) in [6.45, 7) is 7.03. The summed E-state index contributed by atoms with van der Waals surface area (Å²) in [6, 6.07) is 15.2. The maximum Gasteiger partial charge on any atom is 0.227 e. The summed E-state index contributed by atoms with van der Waals surface area (Å²) in [5.41, 5.74) is 3.44. The van der Waals surface area contributed by atoms with Crippen LogP contribution in [0.1, 0.15) is 43.7 Å². The van der Waals surface area contributed by atoms with E-state index in [0.717, 1.165) is 44.6 Å². The molecule has 1 saturated heterocycles. The molecule has 3 rings (SSSR count). The second-order valence-corrected chi connectivity index (χ2v) is 7.49. The lowest BCUT2D eigenvalue weighted by molar-refractivity contribution is -0.119. The van der Waals surface area contributed by atoms with Crippen molar-refractivity contribution in [1.82, 2.24) is 4.90 Å². The van der Waals surface area contributed by atoms with Crippen LogP contribution < -0.4 is 4.90 Å². The van der Waals surface area contributed by atoms with E-state index in [1.807, 2.05) is 11.8 Å². The minimum Gasteiger partial charge on any atom is -0.309 e. The van der Waals surface area contributed by atoms with Gasteiger partial charge in [-0.1, -0.05) is 36.8 Å². The van der Waals surface area contributed by atoms with E-state index in [-0.39, 0.29) is 17.8 Å². The number of rotatable bonds is 6. The molecule has 2 aromatic rings. The average Bonchev–Trinajstić information content (AvgIpc) is 2.65. The number of anilines is 1. The minimum absolute atomic E-state index is 0.140. The van der Waals surface area contributed by atoms with Crippen molar-refractivity contribution >= 4 is 11.6 Å². The summed E-state index contributed by atoms with van der Waals surface area (Å²) in [4.78, 5) is 17.1. The van der Waals surface area contributed by atoms with E-state index >= 15 is 0 Å². The number of likely N-dealkylation sites (tertiary alicyclic amines) is 1. The summed E-state index contributed by atoms with van der Waals surface area (Å²) >= 11 is 0. The summed E-state index contributed by atoms with van der Waals surface area (Å²) in [5, 5.41) is 0. The van der Waals surface area contributed by atoms with Crippen LogP contribution in [0, 0.1) is 12.7 Å². The molecule has 27 heavy (non-hydrogen) atoms. The van der Waals surface area contributed by atoms with Crippen molar-refractivity contribution in [1.29, 1.82) is 0 Å². The monoisotopic (exact) mass is 368 g/mol. The SMILES string of the molecule is CCCC(=O)N(c1ccc(F)cc1)C1CCN(Cc2cccc(C)c2)CC1. The van der Waals surface area contributed by atoms with Gasteiger partial charge in [-0.25, -0.2) is 4.39 Å². The fourth-order valence-corrected chi connectivity index (χ4v) is 3.90. The van der Waals surface area contributed by atoms with Crippen LogP contribution in [0.3, 0.4) is 0 Å².